The molecule has 0 aliphatic carbocycles. The molecule has 0 saturated heterocycles. The zero-order valence-corrected chi connectivity index (χ0v) is 22.9. The Morgan fingerprint density at radius 3 is 2.18 bits per heavy atom. The number of nitrogens with one attached hydrogen (secondary N) is 1. The largest absolute Gasteiger partial charge is 0.493 e. The number of thioether (sulfide) groups is 1. The normalized spacial score (nSPS) is 11.2. The van der Waals surface area contributed by atoms with Gasteiger partial charge in [0.15, 0.2) is 11.5 Å². The third-order valence-corrected chi connectivity index (χ3v) is 7.28. The van der Waals surface area contributed by atoms with E-state index in [4.69, 9.17) is 19.9 Å². The van der Waals surface area contributed by atoms with Crippen LogP contribution in [0.1, 0.15) is 35.6 Å². The van der Waals surface area contributed by atoms with Crippen molar-refractivity contribution in [2.75, 3.05) is 32.4 Å². The minimum absolute atomic E-state index is 0.0351. The first-order chi connectivity index (χ1) is 18.2. The number of carbonyl (C=O) groups excluding carboxylic acids is 1. The van der Waals surface area contributed by atoms with E-state index < -0.39 is 5.25 Å². The van der Waals surface area contributed by atoms with Crippen LogP contribution in [0.2, 0.25) is 0 Å². The first kappa shape index (κ1) is 28.2. The fraction of sp³-hybridized carbons (Fsp3) is 0.286. The monoisotopic (exact) mass is 531 g/mol. The Bertz CT molecular complexity index is 1430. The number of benzene rings is 2. The maximum atomic E-state index is 13.2. The predicted octanol–water partition coefficient (Wildman–Crippen LogP) is 5.23. The van der Waals surface area contributed by atoms with Gasteiger partial charge >= 0.3 is 0 Å². The van der Waals surface area contributed by atoms with Crippen LogP contribution in [0.15, 0.2) is 35.4 Å². The lowest BCUT2D eigenvalue weighted by Crippen LogP contribution is -2.25. The Morgan fingerprint density at radius 1 is 1.05 bits per heavy atom. The van der Waals surface area contributed by atoms with E-state index in [1.807, 2.05) is 39.0 Å². The third-order valence-electron chi connectivity index (χ3n) is 5.93. The summed E-state index contributed by atoms with van der Waals surface area (Å²) < 4.78 is 16.3. The van der Waals surface area contributed by atoms with E-state index in [-0.39, 0.29) is 33.4 Å². The van der Waals surface area contributed by atoms with Gasteiger partial charge in [0.1, 0.15) is 28.5 Å². The average molecular weight is 532 g/mol. The standard InChI is InChI=1S/C28H29N5O4S/c1-7-23(27(34)32-20-9-8-15(2)10-16(20)3)38-28-19(14-30)24(18(13-29)26(31)33-28)17-11-21(35-4)25(37-6)22(12-17)36-5/h8-12,23H,7H2,1-6H3,(H2,31,33)(H,32,34). The molecule has 0 aliphatic heterocycles. The van der Waals surface area contributed by atoms with Crippen molar-refractivity contribution < 1.29 is 19.0 Å². The van der Waals surface area contributed by atoms with Crippen molar-refractivity contribution in [3.8, 4) is 40.5 Å². The first-order valence-corrected chi connectivity index (χ1v) is 12.6. The minimum Gasteiger partial charge on any atom is -0.493 e. The summed E-state index contributed by atoms with van der Waals surface area (Å²) in [7, 11) is 4.43. The molecule has 1 unspecified atom stereocenters. The molecule has 0 saturated carbocycles. The van der Waals surface area contributed by atoms with Crippen LogP contribution in [0.3, 0.4) is 0 Å². The number of aromatic nitrogens is 1. The van der Waals surface area contributed by atoms with Crippen molar-refractivity contribution in [3.63, 3.8) is 0 Å². The van der Waals surface area contributed by atoms with Gasteiger partial charge in [0, 0.05) is 11.3 Å². The van der Waals surface area contributed by atoms with E-state index in [9.17, 15) is 15.3 Å². The lowest BCUT2D eigenvalue weighted by molar-refractivity contribution is -0.115. The molecule has 0 fully saturated rings. The van der Waals surface area contributed by atoms with E-state index in [1.165, 1.54) is 21.3 Å². The summed E-state index contributed by atoms with van der Waals surface area (Å²) in [6, 6.07) is 13.3. The number of anilines is 2. The Hall–Kier alpha value is -4.41. The van der Waals surface area contributed by atoms with Crippen LogP contribution in [0.5, 0.6) is 17.2 Å². The summed E-state index contributed by atoms with van der Waals surface area (Å²) in [6.45, 7) is 5.79. The van der Waals surface area contributed by atoms with Crippen molar-refractivity contribution in [2.24, 2.45) is 0 Å². The molecule has 2 aromatic carbocycles. The summed E-state index contributed by atoms with van der Waals surface area (Å²) in [4.78, 5) is 17.6. The molecule has 1 aromatic heterocycles. The number of hydrogen-bond acceptors (Lipinski definition) is 9. The molecule has 0 radical (unpaired) electrons. The molecule has 1 atom stereocenters. The maximum absolute atomic E-state index is 13.2. The predicted molar refractivity (Wildman–Crippen MR) is 148 cm³/mol. The number of aryl methyl sites for hydroxylation is 2. The Morgan fingerprint density at radius 2 is 1.68 bits per heavy atom. The number of rotatable bonds is 9. The first-order valence-electron chi connectivity index (χ1n) is 11.7. The number of nitrogen functional groups attached to an aromatic ring is 1. The lowest BCUT2D eigenvalue weighted by atomic mass is 9.96. The van der Waals surface area contributed by atoms with Crippen molar-refractivity contribution in [1.29, 1.82) is 10.5 Å². The summed E-state index contributed by atoms with van der Waals surface area (Å²) in [6.07, 6.45) is 0.466. The molecule has 38 heavy (non-hydrogen) atoms. The summed E-state index contributed by atoms with van der Waals surface area (Å²) >= 11 is 1.12. The molecule has 0 aliphatic rings. The van der Waals surface area contributed by atoms with Crippen LogP contribution in [-0.2, 0) is 4.79 Å². The van der Waals surface area contributed by atoms with E-state index >= 15 is 0 Å². The number of methoxy groups -OCH3 is 3. The van der Waals surface area contributed by atoms with Gasteiger partial charge in [-0.05, 0) is 49.6 Å². The van der Waals surface area contributed by atoms with Gasteiger partial charge in [-0.1, -0.05) is 36.4 Å². The number of pyridine rings is 1. The quantitative estimate of drug-likeness (QED) is 0.355. The molecule has 196 valence electrons. The molecular weight excluding hydrogens is 502 g/mol. The summed E-state index contributed by atoms with van der Waals surface area (Å²) in [5.41, 5.74) is 9.83. The number of nitrogens with two attached hydrogens (primary N) is 1. The molecule has 10 heteroatoms. The van der Waals surface area contributed by atoms with Crippen LogP contribution in [-0.4, -0.2) is 37.5 Å². The van der Waals surface area contributed by atoms with Gasteiger partial charge in [-0.25, -0.2) is 4.98 Å². The molecule has 1 heterocycles. The number of nitrogens with zero attached hydrogens (tertiary/aromatic N) is 3. The number of carbonyl (C=O) groups is 1. The molecule has 3 N–H and O–H groups in total. The van der Waals surface area contributed by atoms with Crippen LogP contribution in [0, 0.1) is 36.5 Å². The van der Waals surface area contributed by atoms with Crippen molar-refractivity contribution in [3.05, 3.63) is 52.6 Å². The molecule has 0 bridgehead atoms. The number of ether oxygens (including phenoxy) is 3. The van der Waals surface area contributed by atoms with Gasteiger partial charge in [-0.3, -0.25) is 4.79 Å². The highest BCUT2D eigenvalue weighted by Crippen LogP contribution is 2.44. The second-order valence-corrected chi connectivity index (χ2v) is 9.58. The van der Waals surface area contributed by atoms with E-state index in [0.717, 1.165) is 22.9 Å². The molecule has 9 nitrogen and oxygen atoms in total. The molecular formula is C28H29N5O4S. The zero-order chi connectivity index (χ0) is 28.0. The van der Waals surface area contributed by atoms with Crippen LogP contribution in [0.4, 0.5) is 11.5 Å². The second kappa shape index (κ2) is 12.2. The fourth-order valence-corrected chi connectivity index (χ4v) is 5.04. The van der Waals surface area contributed by atoms with Gasteiger partial charge in [0.25, 0.3) is 0 Å². The Balaban J connectivity index is 2.12. The summed E-state index contributed by atoms with van der Waals surface area (Å²) in [5, 5.41) is 22.8. The topological polar surface area (TPSA) is 143 Å². The minimum atomic E-state index is -0.574. The SMILES string of the molecule is CCC(Sc1nc(N)c(C#N)c(-c2cc(OC)c(OC)c(OC)c2)c1C#N)C(=O)Nc1ccc(C)cc1C. The van der Waals surface area contributed by atoms with E-state index in [1.54, 1.807) is 12.1 Å². The van der Waals surface area contributed by atoms with Gasteiger partial charge in [-0.15, -0.1) is 0 Å². The van der Waals surface area contributed by atoms with Crippen molar-refractivity contribution in [1.82, 2.24) is 4.98 Å². The number of amides is 1. The smallest absolute Gasteiger partial charge is 0.237 e. The summed E-state index contributed by atoms with van der Waals surface area (Å²) in [5.74, 6) is 0.772. The van der Waals surface area contributed by atoms with Crippen LogP contribution < -0.4 is 25.3 Å². The average Bonchev–Trinajstić information content (AvgIpc) is 2.91. The lowest BCUT2D eigenvalue weighted by Gasteiger charge is -2.19. The van der Waals surface area contributed by atoms with Crippen molar-refractivity contribution >= 4 is 29.2 Å². The highest BCUT2D eigenvalue weighted by Gasteiger charge is 2.27. The highest BCUT2D eigenvalue weighted by molar-refractivity contribution is 8.00. The van der Waals surface area contributed by atoms with E-state index in [0.29, 0.717) is 34.9 Å². The van der Waals surface area contributed by atoms with Crippen molar-refractivity contribution in [2.45, 2.75) is 37.5 Å². The molecule has 3 rings (SSSR count). The fourth-order valence-electron chi connectivity index (χ4n) is 4.02. The Kier molecular flexibility index (Phi) is 9.06. The Labute approximate surface area is 226 Å². The van der Waals surface area contributed by atoms with Gasteiger partial charge < -0.3 is 25.3 Å². The number of nitriles is 2. The van der Waals surface area contributed by atoms with Gasteiger partial charge in [0.2, 0.25) is 11.7 Å². The highest BCUT2D eigenvalue weighted by atomic mass is 32.2. The molecule has 3 aromatic rings. The second-order valence-electron chi connectivity index (χ2n) is 8.39. The maximum Gasteiger partial charge on any atom is 0.237 e. The third kappa shape index (κ3) is 5.61. The van der Waals surface area contributed by atoms with E-state index in [2.05, 4.69) is 22.4 Å². The molecule has 1 amide bonds. The van der Waals surface area contributed by atoms with Crippen LogP contribution in [0.25, 0.3) is 11.1 Å². The van der Waals surface area contributed by atoms with Gasteiger partial charge in [0.05, 0.1) is 32.1 Å². The van der Waals surface area contributed by atoms with Crippen LogP contribution >= 0.6 is 11.8 Å². The molecule has 0 spiro atoms. The number of hydrogen-bond donors (Lipinski definition) is 2. The van der Waals surface area contributed by atoms with Gasteiger partial charge in [-0.2, -0.15) is 10.5 Å². The zero-order valence-electron chi connectivity index (χ0n) is 22.1.